The van der Waals surface area contributed by atoms with Crippen molar-refractivity contribution < 1.29 is 14.3 Å². The molecule has 3 aromatic rings. The number of aromatic carboxylic acids is 1. The summed E-state index contributed by atoms with van der Waals surface area (Å²) in [4.78, 5) is 11.3. The summed E-state index contributed by atoms with van der Waals surface area (Å²) in [5.74, 6) is -1.33. The van der Waals surface area contributed by atoms with E-state index in [1.54, 1.807) is 41.2 Å². The number of nitrogens with one attached hydrogen (secondary N) is 1. The predicted molar refractivity (Wildman–Crippen MR) is 102 cm³/mol. The molecule has 6 nitrogen and oxygen atoms in total. The van der Waals surface area contributed by atoms with Gasteiger partial charge in [-0.3, -0.25) is 4.68 Å². The standard InChI is InChI=1S/C20H19FN4O2/c1-13(23-19-5-3-2-4-16(19)20(26)27)17(22)12-25-11-10-18(24-25)14-6-8-15(21)9-7-14/h2-11,17,23H,1,12,22H2,(H,26,27). The van der Waals surface area contributed by atoms with Crippen LogP contribution in [0.2, 0.25) is 0 Å². The molecule has 1 atom stereocenters. The van der Waals surface area contributed by atoms with Crippen LogP contribution in [0.3, 0.4) is 0 Å². The zero-order chi connectivity index (χ0) is 19.4. The van der Waals surface area contributed by atoms with E-state index in [4.69, 9.17) is 5.73 Å². The number of anilines is 1. The zero-order valence-corrected chi connectivity index (χ0v) is 14.5. The summed E-state index contributed by atoms with van der Waals surface area (Å²) in [5.41, 5.74) is 8.72. The van der Waals surface area contributed by atoms with Crippen LogP contribution in [-0.2, 0) is 6.54 Å². The number of carboxylic acids is 1. The van der Waals surface area contributed by atoms with Crippen molar-refractivity contribution in [3.8, 4) is 11.3 Å². The number of carbonyl (C=O) groups is 1. The molecule has 0 fully saturated rings. The maximum atomic E-state index is 13.0. The quantitative estimate of drug-likeness (QED) is 0.596. The molecule has 1 unspecified atom stereocenters. The first kappa shape index (κ1) is 18.3. The van der Waals surface area contributed by atoms with Gasteiger partial charge in [0.2, 0.25) is 0 Å². The summed E-state index contributed by atoms with van der Waals surface area (Å²) in [6, 6.07) is 13.9. The number of halogens is 1. The van der Waals surface area contributed by atoms with E-state index in [0.29, 0.717) is 23.6 Å². The number of carboxylic acid groups (broad SMARTS) is 1. The van der Waals surface area contributed by atoms with E-state index < -0.39 is 12.0 Å². The maximum Gasteiger partial charge on any atom is 0.337 e. The van der Waals surface area contributed by atoms with Gasteiger partial charge in [-0.05, 0) is 42.5 Å². The smallest absolute Gasteiger partial charge is 0.337 e. The number of benzene rings is 2. The molecule has 1 aromatic heterocycles. The molecule has 0 radical (unpaired) electrons. The molecule has 0 saturated heterocycles. The molecule has 2 aromatic carbocycles. The summed E-state index contributed by atoms with van der Waals surface area (Å²) >= 11 is 0. The minimum absolute atomic E-state index is 0.142. The third kappa shape index (κ3) is 4.39. The maximum absolute atomic E-state index is 13.0. The molecular weight excluding hydrogens is 347 g/mol. The van der Waals surface area contributed by atoms with Gasteiger partial charge in [0.25, 0.3) is 0 Å². The fourth-order valence-corrected chi connectivity index (χ4v) is 2.59. The lowest BCUT2D eigenvalue weighted by atomic mass is 10.1. The van der Waals surface area contributed by atoms with Gasteiger partial charge in [0.1, 0.15) is 5.82 Å². The van der Waals surface area contributed by atoms with E-state index in [1.807, 2.05) is 6.07 Å². The Morgan fingerprint density at radius 2 is 1.93 bits per heavy atom. The molecule has 0 amide bonds. The first-order chi connectivity index (χ1) is 12.9. The van der Waals surface area contributed by atoms with Crippen molar-refractivity contribution in [2.45, 2.75) is 12.6 Å². The minimum Gasteiger partial charge on any atom is -0.478 e. The molecule has 4 N–H and O–H groups in total. The van der Waals surface area contributed by atoms with Crippen LogP contribution in [0, 0.1) is 5.82 Å². The van der Waals surface area contributed by atoms with Crippen LogP contribution in [0.5, 0.6) is 0 Å². The Balaban J connectivity index is 1.67. The topological polar surface area (TPSA) is 93.2 Å². The van der Waals surface area contributed by atoms with Gasteiger partial charge < -0.3 is 16.2 Å². The lowest BCUT2D eigenvalue weighted by Gasteiger charge is -2.18. The third-order valence-corrected chi connectivity index (χ3v) is 4.06. The Kier molecular flexibility index (Phi) is 5.33. The Morgan fingerprint density at radius 1 is 1.22 bits per heavy atom. The molecular formula is C20H19FN4O2. The number of nitrogens with zero attached hydrogens (tertiary/aromatic N) is 2. The first-order valence-electron chi connectivity index (χ1n) is 8.27. The molecule has 0 aliphatic rings. The van der Waals surface area contributed by atoms with Gasteiger partial charge >= 0.3 is 5.97 Å². The van der Waals surface area contributed by atoms with Crippen LogP contribution < -0.4 is 11.1 Å². The van der Waals surface area contributed by atoms with Crippen molar-refractivity contribution in [1.82, 2.24) is 9.78 Å². The molecule has 138 valence electrons. The molecule has 0 saturated carbocycles. The van der Waals surface area contributed by atoms with Crippen molar-refractivity contribution in [3.63, 3.8) is 0 Å². The number of aromatic nitrogens is 2. The molecule has 27 heavy (non-hydrogen) atoms. The summed E-state index contributed by atoms with van der Waals surface area (Å²) in [6.07, 6.45) is 1.77. The van der Waals surface area contributed by atoms with E-state index in [9.17, 15) is 14.3 Å². The van der Waals surface area contributed by atoms with Crippen LogP contribution in [0.25, 0.3) is 11.3 Å². The lowest BCUT2D eigenvalue weighted by Crippen LogP contribution is -2.31. The lowest BCUT2D eigenvalue weighted by molar-refractivity contribution is 0.0698. The Bertz CT molecular complexity index is 966. The molecule has 0 aliphatic heterocycles. The molecule has 0 spiro atoms. The molecule has 3 rings (SSSR count). The molecule has 0 bridgehead atoms. The summed E-state index contributed by atoms with van der Waals surface area (Å²) in [5, 5.41) is 16.7. The summed E-state index contributed by atoms with van der Waals surface area (Å²) in [6.45, 7) is 4.26. The van der Waals surface area contributed by atoms with Crippen LogP contribution in [-0.4, -0.2) is 26.9 Å². The largest absolute Gasteiger partial charge is 0.478 e. The Labute approximate surface area is 155 Å². The number of hydrogen-bond donors (Lipinski definition) is 3. The van der Waals surface area contributed by atoms with Gasteiger partial charge in [0.05, 0.1) is 29.5 Å². The van der Waals surface area contributed by atoms with Gasteiger partial charge in [-0.25, -0.2) is 9.18 Å². The summed E-state index contributed by atoms with van der Waals surface area (Å²) in [7, 11) is 0. The number of hydrogen-bond acceptors (Lipinski definition) is 4. The monoisotopic (exact) mass is 366 g/mol. The second-order valence-corrected chi connectivity index (χ2v) is 6.04. The fraction of sp³-hybridized carbons (Fsp3) is 0.100. The van der Waals surface area contributed by atoms with Crippen LogP contribution in [0.1, 0.15) is 10.4 Å². The molecule has 0 aliphatic carbocycles. The van der Waals surface area contributed by atoms with Gasteiger partial charge in [-0.1, -0.05) is 18.7 Å². The summed E-state index contributed by atoms with van der Waals surface area (Å²) < 4.78 is 14.7. The number of rotatable bonds is 7. The van der Waals surface area contributed by atoms with E-state index in [1.165, 1.54) is 18.2 Å². The van der Waals surface area contributed by atoms with Crippen molar-refractivity contribution in [2.75, 3.05) is 5.32 Å². The van der Waals surface area contributed by atoms with E-state index in [0.717, 1.165) is 5.56 Å². The normalized spacial score (nSPS) is 11.8. The van der Waals surface area contributed by atoms with Crippen LogP contribution in [0.4, 0.5) is 10.1 Å². The SMILES string of the molecule is C=C(Nc1ccccc1C(=O)O)C(N)Cn1ccc(-c2ccc(F)cc2)n1. The van der Waals surface area contributed by atoms with Gasteiger partial charge in [-0.15, -0.1) is 0 Å². The highest BCUT2D eigenvalue weighted by Gasteiger charge is 2.14. The van der Waals surface area contributed by atoms with Gasteiger partial charge in [-0.2, -0.15) is 5.10 Å². The Hall–Kier alpha value is -3.45. The first-order valence-corrected chi connectivity index (χ1v) is 8.27. The molecule has 7 heteroatoms. The van der Waals surface area contributed by atoms with E-state index >= 15 is 0 Å². The van der Waals surface area contributed by atoms with Crippen LogP contribution in [0.15, 0.2) is 73.1 Å². The number of nitrogens with two attached hydrogens (primary N) is 1. The minimum atomic E-state index is -1.03. The number of para-hydroxylation sites is 1. The van der Waals surface area contributed by atoms with Gasteiger partial charge in [0, 0.05) is 17.5 Å². The second-order valence-electron chi connectivity index (χ2n) is 6.04. The average molecular weight is 366 g/mol. The predicted octanol–water partition coefficient (Wildman–Crippen LogP) is 3.34. The highest BCUT2D eigenvalue weighted by atomic mass is 19.1. The molecule has 1 heterocycles. The second kappa shape index (κ2) is 7.84. The highest BCUT2D eigenvalue weighted by Crippen LogP contribution is 2.19. The fourth-order valence-electron chi connectivity index (χ4n) is 2.59. The average Bonchev–Trinajstić information content (AvgIpc) is 3.11. The third-order valence-electron chi connectivity index (χ3n) is 4.06. The van der Waals surface area contributed by atoms with Crippen molar-refractivity contribution in [2.24, 2.45) is 5.73 Å². The van der Waals surface area contributed by atoms with Crippen molar-refractivity contribution in [3.05, 3.63) is 84.5 Å². The van der Waals surface area contributed by atoms with Crippen LogP contribution >= 0.6 is 0 Å². The van der Waals surface area contributed by atoms with E-state index in [2.05, 4.69) is 17.0 Å². The zero-order valence-electron chi connectivity index (χ0n) is 14.5. The van der Waals surface area contributed by atoms with E-state index in [-0.39, 0.29) is 11.4 Å². The van der Waals surface area contributed by atoms with Crippen molar-refractivity contribution in [1.29, 1.82) is 0 Å². The highest BCUT2D eigenvalue weighted by molar-refractivity contribution is 5.94. The van der Waals surface area contributed by atoms with Gasteiger partial charge in [0.15, 0.2) is 0 Å². The van der Waals surface area contributed by atoms with Crippen molar-refractivity contribution >= 4 is 11.7 Å². The Morgan fingerprint density at radius 3 is 2.63 bits per heavy atom.